The standard InChI is InChI=1S/C25H23ClF4N2O3/c1-2-35-24(34)22(33)15-32(23-9-8-19(26)13-31-23)14-21(16-6-4-3-5-7-16)17-10-18(25(28,29)30)12-20(27)11-17/h3-13,21-22,33H,2,14-15H2,1H3. The van der Waals surface area contributed by atoms with Crippen LogP contribution in [-0.2, 0) is 15.7 Å². The van der Waals surface area contributed by atoms with Gasteiger partial charge in [0.1, 0.15) is 11.6 Å². The molecule has 186 valence electrons. The summed E-state index contributed by atoms with van der Waals surface area (Å²) < 4.78 is 59.5. The summed E-state index contributed by atoms with van der Waals surface area (Å²) in [7, 11) is 0. The van der Waals surface area contributed by atoms with Gasteiger partial charge in [0.05, 0.1) is 23.7 Å². The lowest BCUT2D eigenvalue weighted by molar-refractivity contribution is -0.152. The minimum absolute atomic E-state index is 0.0319. The smallest absolute Gasteiger partial charge is 0.416 e. The molecule has 0 saturated carbocycles. The summed E-state index contributed by atoms with van der Waals surface area (Å²) in [4.78, 5) is 17.8. The van der Waals surface area contributed by atoms with Crippen LogP contribution in [0.5, 0.6) is 0 Å². The zero-order valence-electron chi connectivity index (χ0n) is 18.7. The summed E-state index contributed by atoms with van der Waals surface area (Å²) >= 11 is 5.94. The number of hydrogen-bond acceptors (Lipinski definition) is 5. The minimum atomic E-state index is -4.74. The summed E-state index contributed by atoms with van der Waals surface area (Å²) in [6.45, 7) is 1.36. The Morgan fingerprint density at radius 3 is 2.40 bits per heavy atom. The van der Waals surface area contributed by atoms with Crippen LogP contribution in [0.3, 0.4) is 0 Å². The van der Waals surface area contributed by atoms with Gasteiger partial charge >= 0.3 is 12.1 Å². The number of aromatic nitrogens is 1. The number of ether oxygens (including phenoxy) is 1. The monoisotopic (exact) mass is 510 g/mol. The van der Waals surface area contributed by atoms with Crippen molar-refractivity contribution in [3.8, 4) is 0 Å². The number of nitrogens with zero attached hydrogens (tertiary/aromatic N) is 2. The molecule has 35 heavy (non-hydrogen) atoms. The second-order valence-corrected chi connectivity index (χ2v) is 8.18. The molecule has 2 unspecified atom stereocenters. The second-order valence-electron chi connectivity index (χ2n) is 7.74. The Kier molecular flexibility index (Phi) is 8.69. The van der Waals surface area contributed by atoms with Crippen molar-refractivity contribution in [1.29, 1.82) is 0 Å². The zero-order chi connectivity index (χ0) is 25.6. The minimum Gasteiger partial charge on any atom is -0.464 e. The van der Waals surface area contributed by atoms with Gasteiger partial charge in [-0.15, -0.1) is 0 Å². The molecule has 3 rings (SSSR count). The molecular formula is C25H23ClF4N2O3. The van der Waals surface area contributed by atoms with Gasteiger partial charge in [-0.2, -0.15) is 13.2 Å². The van der Waals surface area contributed by atoms with Crippen LogP contribution in [0.15, 0.2) is 66.9 Å². The summed E-state index contributed by atoms with van der Waals surface area (Å²) in [5.74, 6) is -2.34. The van der Waals surface area contributed by atoms with E-state index in [0.717, 1.165) is 12.1 Å². The van der Waals surface area contributed by atoms with E-state index in [0.29, 0.717) is 22.5 Å². The van der Waals surface area contributed by atoms with Gasteiger partial charge in [0.2, 0.25) is 0 Å². The van der Waals surface area contributed by atoms with E-state index in [-0.39, 0.29) is 25.3 Å². The molecule has 0 radical (unpaired) electrons. The first-order valence-electron chi connectivity index (χ1n) is 10.7. The van der Waals surface area contributed by atoms with Crippen molar-refractivity contribution in [3.05, 3.63) is 94.4 Å². The molecule has 0 aliphatic heterocycles. The number of aliphatic hydroxyl groups excluding tert-OH is 1. The van der Waals surface area contributed by atoms with Gasteiger partial charge in [0.25, 0.3) is 0 Å². The number of alkyl halides is 3. The van der Waals surface area contributed by atoms with Gasteiger partial charge in [0, 0.05) is 18.7 Å². The van der Waals surface area contributed by atoms with Crippen LogP contribution < -0.4 is 4.90 Å². The van der Waals surface area contributed by atoms with Gasteiger partial charge in [-0.05, 0) is 48.4 Å². The molecule has 0 saturated heterocycles. The molecule has 0 spiro atoms. The lowest BCUT2D eigenvalue weighted by Crippen LogP contribution is -2.40. The maximum atomic E-state index is 14.3. The molecule has 1 N–H and O–H groups in total. The van der Waals surface area contributed by atoms with Crippen molar-refractivity contribution in [2.75, 3.05) is 24.6 Å². The molecule has 2 aromatic carbocycles. The maximum Gasteiger partial charge on any atom is 0.416 e. The lowest BCUT2D eigenvalue weighted by atomic mass is 9.89. The van der Waals surface area contributed by atoms with E-state index in [2.05, 4.69) is 4.98 Å². The van der Waals surface area contributed by atoms with Crippen LogP contribution >= 0.6 is 11.6 Å². The van der Waals surface area contributed by atoms with Crippen molar-refractivity contribution in [2.45, 2.75) is 25.1 Å². The van der Waals surface area contributed by atoms with Crippen LogP contribution in [0.25, 0.3) is 0 Å². The molecule has 0 bridgehead atoms. The average molecular weight is 511 g/mol. The van der Waals surface area contributed by atoms with Gasteiger partial charge in [-0.3, -0.25) is 0 Å². The molecule has 5 nitrogen and oxygen atoms in total. The molecule has 10 heteroatoms. The fourth-order valence-electron chi connectivity index (χ4n) is 3.62. The molecule has 1 heterocycles. The second kappa shape index (κ2) is 11.5. The van der Waals surface area contributed by atoms with E-state index < -0.39 is 35.5 Å². The van der Waals surface area contributed by atoms with E-state index in [9.17, 15) is 27.5 Å². The van der Waals surface area contributed by atoms with Crippen molar-refractivity contribution >= 4 is 23.4 Å². The number of carbonyl (C=O) groups is 1. The van der Waals surface area contributed by atoms with Crippen LogP contribution in [0.4, 0.5) is 23.4 Å². The summed E-state index contributed by atoms with van der Waals surface area (Å²) in [5.41, 5.74) is -0.430. The number of hydrogen-bond donors (Lipinski definition) is 1. The zero-order valence-corrected chi connectivity index (χ0v) is 19.4. The SMILES string of the molecule is CCOC(=O)C(O)CN(CC(c1ccccc1)c1cc(F)cc(C(F)(F)F)c1)c1ccc(Cl)cn1. The van der Waals surface area contributed by atoms with E-state index >= 15 is 0 Å². The van der Waals surface area contributed by atoms with Crippen LogP contribution in [0.2, 0.25) is 5.02 Å². The van der Waals surface area contributed by atoms with Gasteiger partial charge < -0.3 is 14.7 Å². The van der Waals surface area contributed by atoms with Crippen LogP contribution in [0.1, 0.15) is 29.5 Å². The number of anilines is 1. The number of halogens is 5. The fraction of sp³-hybridized carbons (Fsp3) is 0.280. The van der Waals surface area contributed by atoms with Gasteiger partial charge in [-0.25, -0.2) is 14.2 Å². The largest absolute Gasteiger partial charge is 0.464 e. The molecule has 0 fully saturated rings. The highest BCUT2D eigenvalue weighted by molar-refractivity contribution is 6.30. The third-order valence-corrected chi connectivity index (χ3v) is 5.47. The highest BCUT2D eigenvalue weighted by Crippen LogP contribution is 2.35. The predicted octanol–water partition coefficient (Wildman–Crippen LogP) is 5.46. The van der Waals surface area contributed by atoms with Crippen LogP contribution in [-0.4, -0.2) is 41.9 Å². The van der Waals surface area contributed by atoms with Gasteiger partial charge in [-0.1, -0.05) is 41.9 Å². The first-order chi connectivity index (χ1) is 16.6. The third kappa shape index (κ3) is 7.16. The third-order valence-electron chi connectivity index (χ3n) is 5.24. The number of pyridine rings is 1. The Bertz CT molecular complexity index is 1130. The maximum absolute atomic E-state index is 14.3. The first-order valence-corrected chi connectivity index (χ1v) is 11.1. The average Bonchev–Trinajstić information content (AvgIpc) is 2.82. The molecule has 2 atom stereocenters. The van der Waals surface area contributed by atoms with E-state index in [1.807, 2.05) is 0 Å². The Morgan fingerprint density at radius 1 is 1.09 bits per heavy atom. The topological polar surface area (TPSA) is 62.7 Å². The molecule has 3 aromatic rings. The first kappa shape index (κ1) is 26.4. The highest BCUT2D eigenvalue weighted by atomic mass is 35.5. The summed E-state index contributed by atoms with van der Waals surface area (Å²) in [5, 5.41) is 10.8. The van der Waals surface area contributed by atoms with E-state index in [1.54, 1.807) is 49.4 Å². The van der Waals surface area contributed by atoms with Gasteiger partial charge in [0.15, 0.2) is 6.10 Å². The molecule has 0 aliphatic rings. The predicted molar refractivity (Wildman–Crippen MR) is 124 cm³/mol. The number of carbonyl (C=O) groups excluding carboxylic acids is 1. The Hall–Kier alpha value is -3.17. The molecule has 0 amide bonds. The Balaban J connectivity index is 2.06. The van der Waals surface area contributed by atoms with E-state index in [4.69, 9.17) is 16.3 Å². The number of aliphatic hydroxyl groups is 1. The van der Waals surface area contributed by atoms with Crippen molar-refractivity contribution in [1.82, 2.24) is 4.98 Å². The fourth-order valence-corrected chi connectivity index (χ4v) is 3.74. The highest BCUT2D eigenvalue weighted by Gasteiger charge is 2.33. The van der Waals surface area contributed by atoms with Crippen molar-refractivity contribution in [2.24, 2.45) is 0 Å². The normalized spacial score (nSPS) is 13.2. The molecule has 0 aliphatic carbocycles. The molecule has 1 aromatic heterocycles. The Labute approximate surface area is 204 Å². The number of benzene rings is 2. The lowest BCUT2D eigenvalue weighted by Gasteiger charge is -2.30. The van der Waals surface area contributed by atoms with Crippen molar-refractivity contribution < 1.29 is 32.2 Å². The number of rotatable bonds is 9. The molecular weight excluding hydrogens is 488 g/mol. The Morgan fingerprint density at radius 2 is 1.80 bits per heavy atom. The van der Waals surface area contributed by atoms with Crippen LogP contribution in [0, 0.1) is 5.82 Å². The summed E-state index contributed by atoms with van der Waals surface area (Å²) in [6.07, 6.45) is -4.93. The van der Waals surface area contributed by atoms with Crippen molar-refractivity contribution in [3.63, 3.8) is 0 Å². The quantitative estimate of drug-likeness (QED) is 0.306. The summed E-state index contributed by atoms with van der Waals surface area (Å²) in [6, 6.07) is 14.1. The number of esters is 1. The van der Waals surface area contributed by atoms with E-state index in [1.165, 1.54) is 11.1 Å².